The fraction of sp³-hybridized carbons (Fsp3) is 0.667. The van der Waals surface area contributed by atoms with Crippen LogP contribution in [0.4, 0.5) is 11.8 Å². The van der Waals surface area contributed by atoms with Crippen LogP contribution in [0.15, 0.2) is 12.3 Å². The van der Waals surface area contributed by atoms with E-state index in [2.05, 4.69) is 27.3 Å². The molecule has 0 unspecified atom stereocenters. The maximum Gasteiger partial charge on any atom is 0.239 e. The largest absolute Gasteiger partial charge is 0.357 e. The quantitative estimate of drug-likeness (QED) is 0.476. The number of hydrazine groups is 1. The van der Waals surface area contributed by atoms with Crippen molar-refractivity contribution < 1.29 is 0 Å². The van der Waals surface area contributed by atoms with Crippen LogP contribution >= 0.6 is 0 Å². The monoisotopic (exact) mass is 235 g/mol. The van der Waals surface area contributed by atoms with Gasteiger partial charge in [0, 0.05) is 19.3 Å². The van der Waals surface area contributed by atoms with Gasteiger partial charge in [-0.1, -0.05) is 25.7 Å². The third-order valence-electron chi connectivity index (χ3n) is 3.50. The molecule has 1 fully saturated rings. The summed E-state index contributed by atoms with van der Waals surface area (Å²) in [5.74, 6) is 6.75. The van der Waals surface area contributed by atoms with Crippen LogP contribution in [0.2, 0.25) is 0 Å². The molecule has 0 spiro atoms. The van der Waals surface area contributed by atoms with Crippen molar-refractivity contribution in [3.05, 3.63) is 12.3 Å². The van der Waals surface area contributed by atoms with Crippen LogP contribution in [0.3, 0.4) is 0 Å². The number of nitrogens with one attached hydrogen (secondary N) is 1. The summed E-state index contributed by atoms with van der Waals surface area (Å²) in [7, 11) is 2.11. The van der Waals surface area contributed by atoms with Crippen molar-refractivity contribution in [2.45, 2.75) is 44.6 Å². The van der Waals surface area contributed by atoms with Crippen molar-refractivity contribution >= 4 is 11.8 Å². The molecular weight excluding hydrogens is 214 g/mol. The van der Waals surface area contributed by atoms with Gasteiger partial charge in [-0.3, -0.25) is 5.43 Å². The maximum absolute atomic E-state index is 5.33. The Hall–Kier alpha value is -1.36. The zero-order valence-electron chi connectivity index (χ0n) is 10.4. The fourth-order valence-corrected chi connectivity index (χ4v) is 2.45. The van der Waals surface area contributed by atoms with E-state index in [1.165, 1.54) is 38.5 Å². The van der Waals surface area contributed by atoms with Crippen molar-refractivity contribution in [1.82, 2.24) is 9.97 Å². The van der Waals surface area contributed by atoms with E-state index in [0.29, 0.717) is 12.0 Å². The first-order valence-electron chi connectivity index (χ1n) is 6.34. The van der Waals surface area contributed by atoms with E-state index in [-0.39, 0.29) is 0 Å². The average molecular weight is 235 g/mol. The molecule has 1 saturated carbocycles. The molecule has 1 aromatic rings. The minimum atomic E-state index is 0.475. The molecular formula is C12H21N5. The zero-order valence-corrected chi connectivity index (χ0v) is 10.4. The van der Waals surface area contributed by atoms with E-state index in [4.69, 9.17) is 5.84 Å². The smallest absolute Gasteiger partial charge is 0.239 e. The van der Waals surface area contributed by atoms with Gasteiger partial charge in [-0.2, -0.15) is 4.98 Å². The molecule has 17 heavy (non-hydrogen) atoms. The summed E-state index contributed by atoms with van der Waals surface area (Å²) in [6.45, 7) is 0. The summed E-state index contributed by atoms with van der Waals surface area (Å²) in [6.07, 6.45) is 9.63. The molecule has 1 heterocycles. The second-order valence-corrected chi connectivity index (χ2v) is 4.64. The average Bonchev–Trinajstić information content (AvgIpc) is 2.67. The molecule has 0 aliphatic heterocycles. The lowest BCUT2D eigenvalue weighted by Crippen LogP contribution is -2.32. The van der Waals surface area contributed by atoms with Crippen LogP contribution in [0.1, 0.15) is 38.5 Å². The summed E-state index contributed by atoms with van der Waals surface area (Å²) < 4.78 is 0. The molecule has 2 rings (SSSR count). The molecule has 5 nitrogen and oxygen atoms in total. The number of hydrogen-bond donors (Lipinski definition) is 2. The molecule has 3 N–H and O–H groups in total. The Bertz CT molecular complexity index is 347. The van der Waals surface area contributed by atoms with E-state index >= 15 is 0 Å². The summed E-state index contributed by atoms with van der Waals surface area (Å²) in [4.78, 5) is 10.7. The van der Waals surface area contributed by atoms with Crippen molar-refractivity contribution in [1.29, 1.82) is 0 Å². The molecule has 5 heteroatoms. The van der Waals surface area contributed by atoms with Crippen LogP contribution in [0, 0.1) is 0 Å². The van der Waals surface area contributed by atoms with E-state index in [1.807, 2.05) is 6.07 Å². The van der Waals surface area contributed by atoms with Gasteiger partial charge in [-0.05, 0) is 18.9 Å². The SMILES string of the molecule is CN(c1ccnc(NN)n1)C1CCCCCC1. The lowest BCUT2D eigenvalue weighted by atomic mass is 10.1. The Morgan fingerprint density at radius 2 is 2.00 bits per heavy atom. The topological polar surface area (TPSA) is 67.1 Å². The highest BCUT2D eigenvalue weighted by Crippen LogP contribution is 2.24. The Labute approximate surface area is 102 Å². The first-order valence-corrected chi connectivity index (χ1v) is 6.34. The third-order valence-corrected chi connectivity index (χ3v) is 3.50. The number of anilines is 2. The Morgan fingerprint density at radius 1 is 1.29 bits per heavy atom. The van der Waals surface area contributed by atoms with Crippen molar-refractivity contribution in [3.63, 3.8) is 0 Å². The van der Waals surface area contributed by atoms with Gasteiger partial charge in [0.05, 0.1) is 0 Å². The van der Waals surface area contributed by atoms with Crippen molar-refractivity contribution in [2.75, 3.05) is 17.4 Å². The number of nitrogens with two attached hydrogens (primary N) is 1. The molecule has 0 aromatic carbocycles. The fourth-order valence-electron chi connectivity index (χ4n) is 2.45. The third kappa shape index (κ3) is 3.06. The van der Waals surface area contributed by atoms with Crippen LogP contribution in [-0.2, 0) is 0 Å². The zero-order chi connectivity index (χ0) is 12.1. The molecule has 1 aromatic heterocycles. The van der Waals surface area contributed by atoms with Gasteiger partial charge in [0.25, 0.3) is 0 Å². The molecule has 0 saturated heterocycles. The molecule has 0 atom stereocenters. The number of aromatic nitrogens is 2. The van der Waals surface area contributed by atoms with Crippen LogP contribution < -0.4 is 16.2 Å². The number of nitrogens with zero attached hydrogens (tertiary/aromatic N) is 3. The second kappa shape index (κ2) is 5.82. The second-order valence-electron chi connectivity index (χ2n) is 4.64. The van der Waals surface area contributed by atoms with Gasteiger partial charge in [0.2, 0.25) is 5.95 Å². The molecule has 1 aliphatic rings. The first kappa shape index (κ1) is 12.1. The highest BCUT2D eigenvalue weighted by molar-refractivity contribution is 5.42. The summed E-state index contributed by atoms with van der Waals surface area (Å²) in [5, 5.41) is 0. The lowest BCUT2D eigenvalue weighted by molar-refractivity contribution is 0.549. The van der Waals surface area contributed by atoms with E-state index in [0.717, 1.165) is 5.82 Å². The van der Waals surface area contributed by atoms with Gasteiger partial charge < -0.3 is 4.90 Å². The predicted octanol–water partition coefficient (Wildman–Crippen LogP) is 1.92. The Balaban J connectivity index is 2.08. The molecule has 94 valence electrons. The first-order chi connectivity index (χ1) is 8.31. The van der Waals surface area contributed by atoms with Gasteiger partial charge in [-0.25, -0.2) is 10.8 Å². The normalized spacial score (nSPS) is 17.5. The number of hydrogen-bond acceptors (Lipinski definition) is 5. The maximum atomic E-state index is 5.33. The summed E-state index contributed by atoms with van der Waals surface area (Å²) >= 11 is 0. The Kier molecular flexibility index (Phi) is 4.14. The van der Waals surface area contributed by atoms with Crippen LogP contribution in [-0.4, -0.2) is 23.1 Å². The van der Waals surface area contributed by atoms with Gasteiger partial charge >= 0.3 is 0 Å². The molecule has 0 bridgehead atoms. The lowest BCUT2D eigenvalue weighted by Gasteiger charge is -2.28. The standard InChI is InChI=1S/C12H21N5/c1-17(10-6-4-2-3-5-7-10)11-8-9-14-12(15-11)16-13/h8-10H,2-7,13H2,1H3,(H,14,15,16). The molecule has 0 radical (unpaired) electrons. The number of nitrogen functional groups attached to an aromatic ring is 1. The minimum Gasteiger partial charge on any atom is -0.357 e. The summed E-state index contributed by atoms with van der Waals surface area (Å²) in [5.41, 5.74) is 2.49. The minimum absolute atomic E-state index is 0.475. The summed E-state index contributed by atoms with van der Waals surface area (Å²) in [6, 6.07) is 2.53. The van der Waals surface area contributed by atoms with E-state index in [1.54, 1.807) is 6.20 Å². The van der Waals surface area contributed by atoms with Gasteiger partial charge in [0.1, 0.15) is 5.82 Å². The van der Waals surface area contributed by atoms with E-state index < -0.39 is 0 Å². The highest BCUT2D eigenvalue weighted by atomic mass is 15.3. The van der Waals surface area contributed by atoms with Crippen molar-refractivity contribution in [2.24, 2.45) is 5.84 Å². The molecule has 1 aliphatic carbocycles. The van der Waals surface area contributed by atoms with Crippen LogP contribution in [0.25, 0.3) is 0 Å². The molecule has 0 amide bonds. The van der Waals surface area contributed by atoms with Gasteiger partial charge in [-0.15, -0.1) is 0 Å². The highest BCUT2D eigenvalue weighted by Gasteiger charge is 2.18. The van der Waals surface area contributed by atoms with Crippen molar-refractivity contribution in [3.8, 4) is 0 Å². The van der Waals surface area contributed by atoms with Gasteiger partial charge in [0.15, 0.2) is 0 Å². The predicted molar refractivity (Wildman–Crippen MR) is 69.7 cm³/mol. The van der Waals surface area contributed by atoms with Crippen LogP contribution in [0.5, 0.6) is 0 Å². The Morgan fingerprint density at radius 3 is 2.65 bits per heavy atom. The van der Waals surface area contributed by atoms with E-state index in [9.17, 15) is 0 Å². The number of rotatable bonds is 3.